The van der Waals surface area contributed by atoms with E-state index in [0.29, 0.717) is 16.8 Å². The summed E-state index contributed by atoms with van der Waals surface area (Å²) in [4.78, 5) is 6.83. The van der Waals surface area contributed by atoms with Crippen LogP contribution in [-0.4, -0.2) is 17.6 Å². The first-order chi connectivity index (χ1) is 9.28. The van der Waals surface area contributed by atoms with Crippen molar-refractivity contribution in [1.29, 1.82) is 5.26 Å². The minimum atomic E-state index is 0.423. The zero-order chi connectivity index (χ0) is 13.2. The third-order valence-corrected chi connectivity index (χ3v) is 4.64. The number of rotatable bonds is 1. The number of piperidine rings is 1. The topological polar surface area (TPSA) is 39.9 Å². The van der Waals surface area contributed by atoms with Gasteiger partial charge >= 0.3 is 0 Å². The standard InChI is InChI=1S/C15H18ClN3/c16-14-8-11(10-17)9-15(18-14)19-7-3-5-12-4-1-2-6-13(12)19/h8-9,12-13H,1-7H2/t12-,13-/m1/s1. The number of hydrogen-bond donors (Lipinski definition) is 0. The van der Waals surface area contributed by atoms with E-state index in [1.165, 1.54) is 38.5 Å². The fourth-order valence-corrected chi connectivity index (χ4v) is 3.81. The van der Waals surface area contributed by atoms with Gasteiger partial charge in [-0.2, -0.15) is 5.26 Å². The first kappa shape index (κ1) is 12.7. The van der Waals surface area contributed by atoms with Gasteiger partial charge in [0.05, 0.1) is 11.6 Å². The highest BCUT2D eigenvalue weighted by Gasteiger charge is 2.33. The van der Waals surface area contributed by atoms with Crippen LogP contribution in [0.4, 0.5) is 5.82 Å². The molecule has 0 amide bonds. The Morgan fingerprint density at radius 1 is 1.21 bits per heavy atom. The van der Waals surface area contributed by atoms with Crippen LogP contribution < -0.4 is 4.90 Å². The molecular formula is C15H18ClN3. The Balaban J connectivity index is 1.91. The normalized spacial score (nSPS) is 26.6. The van der Waals surface area contributed by atoms with E-state index in [-0.39, 0.29) is 0 Å². The van der Waals surface area contributed by atoms with Crippen LogP contribution in [0.5, 0.6) is 0 Å². The van der Waals surface area contributed by atoms with Crippen molar-refractivity contribution in [2.24, 2.45) is 5.92 Å². The SMILES string of the molecule is N#Cc1cc(Cl)nc(N2CCC[C@H]3CCCC[C@H]32)c1. The van der Waals surface area contributed by atoms with Crippen LogP contribution >= 0.6 is 11.6 Å². The Hall–Kier alpha value is -1.27. The molecule has 0 radical (unpaired) electrons. The number of hydrogen-bond acceptors (Lipinski definition) is 3. The molecule has 0 aromatic carbocycles. The number of nitrogens with zero attached hydrogens (tertiary/aromatic N) is 3. The first-order valence-corrected chi connectivity index (χ1v) is 7.50. The Labute approximate surface area is 119 Å². The number of pyridine rings is 1. The largest absolute Gasteiger partial charge is 0.353 e. The molecule has 3 rings (SSSR count). The molecule has 1 aromatic rings. The predicted molar refractivity (Wildman–Crippen MR) is 76.3 cm³/mol. The summed E-state index contributed by atoms with van der Waals surface area (Å²) in [5.41, 5.74) is 0.605. The molecule has 1 saturated heterocycles. The Bertz CT molecular complexity index is 507. The van der Waals surface area contributed by atoms with Crippen LogP contribution in [0.3, 0.4) is 0 Å². The maximum atomic E-state index is 9.06. The molecule has 2 fully saturated rings. The molecule has 1 saturated carbocycles. The monoisotopic (exact) mass is 275 g/mol. The van der Waals surface area contributed by atoms with Crippen molar-refractivity contribution >= 4 is 17.4 Å². The number of nitriles is 1. The van der Waals surface area contributed by atoms with Crippen LogP contribution in [0.1, 0.15) is 44.1 Å². The molecule has 4 heteroatoms. The van der Waals surface area contributed by atoms with Gasteiger partial charge in [0.2, 0.25) is 0 Å². The molecule has 0 unspecified atom stereocenters. The van der Waals surface area contributed by atoms with E-state index in [0.717, 1.165) is 18.3 Å². The summed E-state index contributed by atoms with van der Waals surface area (Å²) in [5.74, 6) is 1.69. The molecular weight excluding hydrogens is 258 g/mol. The summed E-state index contributed by atoms with van der Waals surface area (Å²) in [5, 5.41) is 9.49. The van der Waals surface area contributed by atoms with Crippen molar-refractivity contribution < 1.29 is 0 Å². The van der Waals surface area contributed by atoms with E-state index in [9.17, 15) is 0 Å². The van der Waals surface area contributed by atoms with Gasteiger partial charge in [0.1, 0.15) is 11.0 Å². The van der Waals surface area contributed by atoms with E-state index in [1.807, 2.05) is 6.07 Å². The van der Waals surface area contributed by atoms with Crippen LogP contribution in [-0.2, 0) is 0 Å². The van der Waals surface area contributed by atoms with Crippen molar-refractivity contribution in [2.45, 2.75) is 44.6 Å². The lowest BCUT2D eigenvalue weighted by Crippen LogP contribution is -2.47. The van der Waals surface area contributed by atoms with Crippen molar-refractivity contribution in [1.82, 2.24) is 4.98 Å². The summed E-state index contributed by atoms with van der Waals surface area (Å²) >= 11 is 6.03. The number of anilines is 1. The average molecular weight is 276 g/mol. The van der Waals surface area contributed by atoms with Gasteiger partial charge in [0.15, 0.2) is 0 Å². The Morgan fingerprint density at radius 2 is 2.00 bits per heavy atom. The van der Waals surface area contributed by atoms with Crippen LogP contribution in [0, 0.1) is 17.2 Å². The zero-order valence-electron chi connectivity index (χ0n) is 11.0. The van der Waals surface area contributed by atoms with Crippen molar-refractivity contribution in [3.63, 3.8) is 0 Å². The summed E-state index contributed by atoms with van der Waals surface area (Å²) < 4.78 is 0. The van der Waals surface area contributed by atoms with E-state index in [2.05, 4.69) is 16.0 Å². The second-order valence-electron chi connectivity index (χ2n) is 5.60. The Kier molecular flexibility index (Phi) is 3.61. The molecule has 0 N–H and O–H groups in total. The first-order valence-electron chi connectivity index (χ1n) is 7.12. The van der Waals surface area contributed by atoms with Crippen LogP contribution in [0.2, 0.25) is 5.15 Å². The van der Waals surface area contributed by atoms with Gasteiger partial charge in [-0.3, -0.25) is 0 Å². The lowest BCUT2D eigenvalue weighted by Gasteiger charge is -2.44. The lowest BCUT2D eigenvalue weighted by molar-refractivity contribution is 0.243. The summed E-state index contributed by atoms with van der Waals surface area (Å²) in [6.45, 7) is 1.04. The lowest BCUT2D eigenvalue weighted by atomic mass is 9.78. The van der Waals surface area contributed by atoms with Gasteiger partial charge in [-0.15, -0.1) is 0 Å². The maximum absolute atomic E-state index is 9.06. The van der Waals surface area contributed by atoms with E-state index < -0.39 is 0 Å². The molecule has 2 heterocycles. The Morgan fingerprint density at radius 3 is 2.84 bits per heavy atom. The van der Waals surface area contributed by atoms with E-state index in [4.69, 9.17) is 16.9 Å². The molecule has 1 aliphatic heterocycles. The van der Waals surface area contributed by atoms with Gasteiger partial charge in [0.25, 0.3) is 0 Å². The molecule has 2 aliphatic rings. The highest BCUT2D eigenvalue weighted by atomic mass is 35.5. The second kappa shape index (κ2) is 5.38. The minimum Gasteiger partial charge on any atom is -0.353 e. The van der Waals surface area contributed by atoms with Gasteiger partial charge in [-0.1, -0.05) is 24.4 Å². The summed E-state index contributed by atoms with van der Waals surface area (Å²) in [6.07, 6.45) is 7.82. The zero-order valence-corrected chi connectivity index (χ0v) is 11.7. The fraction of sp³-hybridized carbons (Fsp3) is 0.600. The predicted octanol–water partition coefficient (Wildman–Crippen LogP) is 3.77. The van der Waals surface area contributed by atoms with Gasteiger partial charge in [-0.25, -0.2) is 4.98 Å². The van der Waals surface area contributed by atoms with Gasteiger partial charge in [0, 0.05) is 12.6 Å². The smallest absolute Gasteiger partial charge is 0.132 e. The second-order valence-corrected chi connectivity index (χ2v) is 5.98. The minimum absolute atomic E-state index is 0.423. The van der Waals surface area contributed by atoms with Gasteiger partial charge < -0.3 is 4.90 Å². The molecule has 1 aliphatic carbocycles. The van der Waals surface area contributed by atoms with Crippen LogP contribution in [0.15, 0.2) is 12.1 Å². The number of aromatic nitrogens is 1. The molecule has 0 bridgehead atoms. The fourth-order valence-electron chi connectivity index (χ4n) is 3.60. The molecule has 100 valence electrons. The highest BCUT2D eigenvalue weighted by Crippen LogP contribution is 2.37. The summed E-state index contributed by atoms with van der Waals surface area (Å²) in [7, 11) is 0. The number of halogens is 1. The van der Waals surface area contributed by atoms with E-state index >= 15 is 0 Å². The van der Waals surface area contributed by atoms with Crippen molar-refractivity contribution in [2.75, 3.05) is 11.4 Å². The third kappa shape index (κ3) is 2.55. The quantitative estimate of drug-likeness (QED) is 0.733. The van der Waals surface area contributed by atoms with Crippen molar-refractivity contribution in [3.8, 4) is 6.07 Å². The molecule has 0 spiro atoms. The average Bonchev–Trinajstić information content (AvgIpc) is 2.46. The van der Waals surface area contributed by atoms with Crippen molar-refractivity contribution in [3.05, 3.63) is 22.8 Å². The molecule has 2 atom stereocenters. The maximum Gasteiger partial charge on any atom is 0.132 e. The third-order valence-electron chi connectivity index (χ3n) is 4.45. The highest BCUT2D eigenvalue weighted by molar-refractivity contribution is 6.29. The van der Waals surface area contributed by atoms with Crippen LogP contribution in [0.25, 0.3) is 0 Å². The van der Waals surface area contributed by atoms with Gasteiger partial charge in [-0.05, 0) is 43.7 Å². The molecule has 3 nitrogen and oxygen atoms in total. The molecule has 19 heavy (non-hydrogen) atoms. The number of fused-ring (bicyclic) bond motifs is 1. The summed E-state index contributed by atoms with van der Waals surface area (Å²) in [6, 6.07) is 6.28. The van der Waals surface area contributed by atoms with E-state index in [1.54, 1.807) is 6.07 Å². The molecule has 1 aromatic heterocycles.